The minimum atomic E-state index is -0.431. The second-order valence-electron chi connectivity index (χ2n) is 9.57. The number of nitro groups is 1. The van der Waals surface area contributed by atoms with Gasteiger partial charge in [-0.3, -0.25) is 10.1 Å². The van der Waals surface area contributed by atoms with Gasteiger partial charge in [0.1, 0.15) is 12.1 Å². The Balaban J connectivity index is 1.33. The van der Waals surface area contributed by atoms with Crippen molar-refractivity contribution in [2.75, 3.05) is 5.32 Å². The molecule has 4 aliphatic rings. The van der Waals surface area contributed by atoms with Crippen molar-refractivity contribution in [2.45, 2.75) is 44.1 Å². The van der Waals surface area contributed by atoms with Gasteiger partial charge in [-0.05, 0) is 79.2 Å². The molecule has 0 spiro atoms. The Morgan fingerprint density at radius 2 is 1.65 bits per heavy atom. The van der Waals surface area contributed by atoms with Crippen LogP contribution in [0.2, 0.25) is 0 Å². The molecule has 4 fully saturated rings. The predicted octanol–water partition coefficient (Wildman–Crippen LogP) is 5.71. The molecule has 0 radical (unpaired) electrons. The van der Waals surface area contributed by atoms with Crippen LogP contribution in [0.5, 0.6) is 11.6 Å². The molecule has 3 aromatic rings. The van der Waals surface area contributed by atoms with Crippen molar-refractivity contribution >= 4 is 22.3 Å². The normalized spacial score (nSPS) is 28.6. The Morgan fingerprint density at radius 1 is 0.968 bits per heavy atom. The van der Waals surface area contributed by atoms with Gasteiger partial charge in [-0.15, -0.1) is 0 Å². The van der Waals surface area contributed by atoms with Gasteiger partial charge in [-0.2, -0.15) is 4.98 Å². The van der Waals surface area contributed by atoms with Crippen LogP contribution in [0.3, 0.4) is 0 Å². The van der Waals surface area contributed by atoms with Crippen molar-refractivity contribution in [3.8, 4) is 11.6 Å². The molecule has 31 heavy (non-hydrogen) atoms. The van der Waals surface area contributed by atoms with E-state index in [4.69, 9.17) is 4.74 Å². The predicted molar refractivity (Wildman–Crippen MR) is 117 cm³/mol. The number of nitrogens with one attached hydrogen (secondary N) is 1. The van der Waals surface area contributed by atoms with E-state index in [1.807, 2.05) is 36.4 Å². The van der Waals surface area contributed by atoms with Crippen LogP contribution >= 0.6 is 0 Å². The molecule has 0 atom stereocenters. The summed E-state index contributed by atoms with van der Waals surface area (Å²) >= 11 is 0. The monoisotopic (exact) mass is 416 g/mol. The second kappa shape index (κ2) is 6.90. The summed E-state index contributed by atoms with van der Waals surface area (Å²) in [7, 11) is 0. The Morgan fingerprint density at radius 3 is 2.32 bits per heavy atom. The lowest BCUT2D eigenvalue weighted by molar-refractivity contribution is -0.385. The van der Waals surface area contributed by atoms with Crippen molar-refractivity contribution in [1.29, 1.82) is 0 Å². The third-order valence-corrected chi connectivity index (χ3v) is 7.33. The van der Waals surface area contributed by atoms with Gasteiger partial charge in [-0.1, -0.05) is 30.3 Å². The first-order chi connectivity index (χ1) is 15.1. The van der Waals surface area contributed by atoms with Crippen molar-refractivity contribution < 1.29 is 9.66 Å². The van der Waals surface area contributed by atoms with Gasteiger partial charge in [0.05, 0.1) is 4.92 Å². The van der Waals surface area contributed by atoms with E-state index in [-0.39, 0.29) is 22.9 Å². The summed E-state index contributed by atoms with van der Waals surface area (Å²) in [6.45, 7) is 0. The highest BCUT2D eigenvalue weighted by Gasteiger charge is 2.51. The lowest BCUT2D eigenvalue weighted by Crippen LogP contribution is -2.55. The van der Waals surface area contributed by atoms with Crippen molar-refractivity contribution in [3.05, 3.63) is 58.9 Å². The molecule has 0 unspecified atom stereocenters. The number of fused-ring (bicyclic) bond motifs is 1. The Hall–Kier alpha value is -3.22. The van der Waals surface area contributed by atoms with Crippen molar-refractivity contribution in [2.24, 2.45) is 17.8 Å². The SMILES string of the molecule is O=[N+]([O-])c1c(NC23CC4CC(CC(C4)C2)C3)ncnc1Oc1ccc2ccccc2c1. The minimum Gasteiger partial charge on any atom is -0.434 e. The largest absolute Gasteiger partial charge is 0.434 e. The fourth-order valence-electron chi connectivity index (χ4n) is 6.55. The number of rotatable bonds is 5. The van der Waals surface area contributed by atoms with Crippen LogP contribution in [0.25, 0.3) is 10.8 Å². The summed E-state index contributed by atoms with van der Waals surface area (Å²) in [4.78, 5) is 20.0. The summed E-state index contributed by atoms with van der Waals surface area (Å²) in [5.41, 5.74) is -0.278. The van der Waals surface area contributed by atoms with Crippen LogP contribution in [0, 0.1) is 27.9 Å². The average molecular weight is 416 g/mol. The zero-order valence-electron chi connectivity index (χ0n) is 17.2. The number of hydrogen-bond acceptors (Lipinski definition) is 6. The van der Waals surface area contributed by atoms with Crippen LogP contribution in [0.4, 0.5) is 11.5 Å². The number of aromatic nitrogens is 2. The molecule has 7 nitrogen and oxygen atoms in total. The maximum absolute atomic E-state index is 12.0. The van der Waals surface area contributed by atoms with E-state index in [1.165, 1.54) is 25.6 Å². The summed E-state index contributed by atoms with van der Waals surface area (Å²) in [6, 6.07) is 13.5. The third kappa shape index (κ3) is 3.28. The molecule has 0 aliphatic heterocycles. The van der Waals surface area contributed by atoms with Crippen LogP contribution in [-0.2, 0) is 0 Å². The smallest absolute Gasteiger partial charge is 0.373 e. The van der Waals surface area contributed by atoms with Gasteiger partial charge in [0.15, 0.2) is 0 Å². The minimum absolute atomic E-state index is 0.0255. The van der Waals surface area contributed by atoms with Crippen LogP contribution in [0.15, 0.2) is 48.8 Å². The summed E-state index contributed by atoms with van der Waals surface area (Å²) in [5, 5.41) is 17.6. The van der Waals surface area contributed by atoms with Crippen LogP contribution < -0.4 is 10.1 Å². The van der Waals surface area contributed by atoms with E-state index >= 15 is 0 Å². The molecule has 4 bridgehead atoms. The van der Waals surface area contributed by atoms with E-state index < -0.39 is 4.92 Å². The van der Waals surface area contributed by atoms with E-state index in [0.29, 0.717) is 5.75 Å². The number of benzene rings is 2. The van der Waals surface area contributed by atoms with Gasteiger partial charge in [0.2, 0.25) is 5.82 Å². The zero-order valence-corrected chi connectivity index (χ0v) is 17.2. The fraction of sp³-hybridized carbons (Fsp3) is 0.417. The molecule has 2 aromatic carbocycles. The number of hydrogen-bond donors (Lipinski definition) is 1. The van der Waals surface area contributed by atoms with Gasteiger partial charge in [0.25, 0.3) is 0 Å². The van der Waals surface area contributed by atoms with E-state index in [0.717, 1.165) is 47.8 Å². The first-order valence-corrected chi connectivity index (χ1v) is 11.0. The molecule has 1 heterocycles. The maximum atomic E-state index is 12.0. The topological polar surface area (TPSA) is 90.2 Å². The zero-order chi connectivity index (χ0) is 21.0. The molecule has 1 N–H and O–H groups in total. The highest BCUT2D eigenvalue weighted by atomic mass is 16.6. The number of ether oxygens (including phenoxy) is 1. The Bertz CT molecular complexity index is 1140. The lowest BCUT2D eigenvalue weighted by atomic mass is 9.53. The Labute approximate surface area is 180 Å². The van der Waals surface area contributed by atoms with E-state index in [9.17, 15) is 10.1 Å². The van der Waals surface area contributed by atoms with Gasteiger partial charge in [0, 0.05) is 5.54 Å². The molecule has 0 saturated heterocycles. The van der Waals surface area contributed by atoms with Gasteiger partial charge >= 0.3 is 11.6 Å². The van der Waals surface area contributed by atoms with Crippen LogP contribution in [0.1, 0.15) is 38.5 Å². The second-order valence-corrected chi connectivity index (χ2v) is 9.57. The lowest BCUT2D eigenvalue weighted by Gasteiger charge is -2.57. The van der Waals surface area contributed by atoms with Crippen molar-refractivity contribution in [3.63, 3.8) is 0 Å². The maximum Gasteiger partial charge on any atom is 0.373 e. The van der Waals surface area contributed by atoms with Crippen LogP contribution in [-0.4, -0.2) is 20.4 Å². The standard InChI is InChI=1S/C24H24N4O3/c29-28(30)21-22(27-24-11-15-7-16(12-24)9-17(8-15)13-24)25-14-26-23(21)31-20-6-5-18-3-1-2-4-19(18)10-20/h1-6,10,14-17H,7-9,11-13H2,(H,25,26,27). The van der Waals surface area contributed by atoms with E-state index in [1.54, 1.807) is 6.07 Å². The fourth-order valence-corrected chi connectivity index (χ4v) is 6.55. The Kier molecular flexibility index (Phi) is 4.13. The van der Waals surface area contributed by atoms with Crippen molar-refractivity contribution in [1.82, 2.24) is 9.97 Å². The number of nitrogens with zero attached hydrogens (tertiary/aromatic N) is 3. The molecule has 158 valence electrons. The highest BCUT2D eigenvalue weighted by molar-refractivity contribution is 5.83. The van der Waals surface area contributed by atoms with Gasteiger partial charge < -0.3 is 10.1 Å². The van der Waals surface area contributed by atoms with Gasteiger partial charge in [-0.25, -0.2) is 4.98 Å². The summed E-state index contributed by atoms with van der Waals surface area (Å²) in [6.07, 6.45) is 8.49. The number of anilines is 1. The first kappa shape index (κ1) is 18.5. The summed E-state index contributed by atoms with van der Waals surface area (Å²) in [5.74, 6) is 2.95. The average Bonchev–Trinajstić information content (AvgIpc) is 2.72. The summed E-state index contributed by atoms with van der Waals surface area (Å²) < 4.78 is 5.91. The van der Waals surface area contributed by atoms with E-state index in [2.05, 4.69) is 15.3 Å². The third-order valence-electron chi connectivity index (χ3n) is 7.33. The molecular formula is C24H24N4O3. The molecule has 1 aromatic heterocycles. The molecule has 4 saturated carbocycles. The quantitative estimate of drug-likeness (QED) is 0.423. The molecule has 4 aliphatic carbocycles. The molecule has 7 heteroatoms. The molecular weight excluding hydrogens is 392 g/mol. The molecule has 7 rings (SSSR count). The first-order valence-electron chi connectivity index (χ1n) is 11.0. The molecule has 0 amide bonds. The highest BCUT2D eigenvalue weighted by Crippen LogP contribution is 2.57.